The first-order chi connectivity index (χ1) is 7.68. The van der Waals surface area contributed by atoms with Crippen LogP contribution in [0.3, 0.4) is 0 Å². The summed E-state index contributed by atoms with van der Waals surface area (Å²) in [6.07, 6.45) is 15.3. The van der Waals surface area contributed by atoms with Crippen LogP contribution in [0.5, 0.6) is 0 Å². The molecular weight excluding hydrogens is 307 g/mol. The molecule has 0 radical (unpaired) electrons. The van der Waals surface area contributed by atoms with Crippen molar-refractivity contribution in [3.8, 4) is 0 Å². The fraction of sp³-hybridized carbons (Fsp3) is 0.467. The Hall–Kier alpha value is -0.310. The first kappa shape index (κ1) is 12.2. The van der Waals surface area contributed by atoms with Crippen LogP contribution in [-0.4, -0.2) is 3.92 Å². The van der Waals surface area contributed by atoms with Crippen LogP contribution < -0.4 is 0 Å². The molecule has 1 heteroatoms. The Bertz CT molecular complexity index is 380. The zero-order valence-corrected chi connectivity index (χ0v) is 12.2. The molecule has 86 valence electrons. The summed E-state index contributed by atoms with van der Waals surface area (Å²) in [5.41, 5.74) is 4.48. The summed E-state index contributed by atoms with van der Waals surface area (Å²) < 4.78 is 0.727. The van der Waals surface area contributed by atoms with Crippen molar-refractivity contribution in [3.05, 3.63) is 47.1 Å². The second kappa shape index (κ2) is 5.35. The van der Waals surface area contributed by atoms with Crippen molar-refractivity contribution >= 4 is 22.6 Å². The second-order valence-electron chi connectivity index (χ2n) is 4.76. The summed E-state index contributed by atoms with van der Waals surface area (Å²) >= 11 is 2.57. The molecule has 2 aliphatic carbocycles. The van der Waals surface area contributed by atoms with Crippen molar-refractivity contribution in [2.45, 2.75) is 37.0 Å². The number of fused-ring (bicyclic) bond motifs is 1. The highest BCUT2D eigenvalue weighted by atomic mass is 127. The number of halogens is 1. The van der Waals surface area contributed by atoms with E-state index in [1.165, 1.54) is 24.8 Å². The molecule has 2 atom stereocenters. The van der Waals surface area contributed by atoms with Crippen LogP contribution in [0.1, 0.15) is 33.1 Å². The standard InChI is InChI=1S/C15H19I/c1-11-5-3-6-13-7-4-8-14(12(2)16)15(13)10-9-11/h3,5-6,9-10,12,14H,4,7-8H2,1-2H3/b5-3-,6-3?,10-9?,11-5?,11-9+,13-6+,15-10+. The van der Waals surface area contributed by atoms with E-state index in [4.69, 9.17) is 0 Å². The summed E-state index contributed by atoms with van der Waals surface area (Å²) in [7, 11) is 0. The zero-order chi connectivity index (χ0) is 11.5. The highest BCUT2D eigenvalue weighted by Crippen LogP contribution is 2.38. The number of alkyl halides is 1. The van der Waals surface area contributed by atoms with Gasteiger partial charge in [0.2, 0.25) is 0 Å². The minimum Gasteiger partial charge on any atom is -0.0823 e. The molecular formula is C15H19I. The van der Waals surface area contributed by atoms with Gasteiger partial charge in [-0.15, -0.1) is 0 Å². The van der Waals surface area contributed by atoms with Gasteiger partial charge in [0.05, 0.1) is 0 Å². The van der Waals surface area contributed by atoms with E-state index in [2.05, 4.69) is 66.8 Å². The fourth-order valence-corrected chi connectivity index (χ4v) is 3.28. The normalized spacial score (nSPS) is 38.7. The average Bonchev–Trinajstić information content (AvgIpc) is 2.23. The largest absolute Gasteiger partial charge is 0.0823 e. The van der Waals surface area contributed by atoms with Crippen LogP contribution in [0.25, 0.3) is 0 Å². The van der Waals surface area contributed by atoms with Gasteiger partial charge in [-0.2, -0.15) is 0 Å². The maximum Gasteiger partial charge on any atom is 0.0150 e. The summed E-state index contributed by atoms with van der Waals surface area (Å²) in [4.78, 5) is 0. The summed E-state index contributed by atoms with van der Waals surface area (Å²) in [6.45, 7) is 4.50. The minimum atomic E-state index is 0.727. The van der Waals surface area contributed by atoms with Crippen molar-refractivity contribution < 1.29 is 0 Å². The lowest BCUT2D eigenvalue weighted by molar-refractivity contribution is 0.507. The van der Waals surface area contributed by atoms with Gasteiger partial charge in [0.1, 0.15) is 0 Å². The zero-order valence-electron chi connectivity index (χ0n) is 10.0. The van der Waals surface area contributed by atoms with Crippen molar-refractivity contribution in [1.29, 1.82) is 0 Å². The van der Waals surface area contributed by atoms with E-state index in [-0.39, 0.29) is 0 Å². The number of rotatable bonds is 1. The van der Waals surface area contributed by atoms with Crippen molar-refractivity contribution in [3.63, 3.8) is 0 Å². The van der Waals surface area contributed by atoms with Crippen LogP contribution >= 0.6 is 22.6 Å². The van der Waals surface area contributed by atoms with E-state index in [1.807, 2.05) is 0 Å². The van der Waals surface area contributed by atoms with Crippen LogP contribution in [0.2, 0.25) is 0 Å². The maximum atomic E-state index is 2.57. The molecule has 0 aromatic rings. The molecule has 0 saturated heterocycles. The Kier molecular flexibility index (Phi) is 4.06. The van der Waals surface area contributed by atoms with Gasteiger partial charge in [-0.3, -0.25) is 0 Å². The van der Waals surface area contributed by atoms with Crippen LogP contribution in [0.15, 0.2) is 47.1 Å². The average molecular weight is 326 g/mol. The number of allylic oxidation sites excluding steroid dienone is 8. The van der Waals surface area contributed by atoms with E-state index < -0.39 is 0 Å². The van der Waals surface area contributed by atoms with Gasteiger partial charge in [-0.05, 0) is 43.3 Å². The fourth-order valence-electron chi connectivity index (χ4n) is 2.53. The topological polar surface area (TPSA) is 0 Å². The van der Waals surface area contributed by atoms with Crippen molar-refractivity contribution in [2.24, 2.45) is 5.92 Å². The summed E-state index contributed by atoms with van der Waals surface area (Å²) in [6, 6.07) is 0. The van der Waals surface area contributed by atoms with Gasteiger partial charge < -0.3 is 0 Å². The smallest absolute Gasteiger partial charge is 0.0150 e. The molecule has 0 heterocycles. The lowest BCUT2D eigenvalue weighted by Crippen LogP contribution is -2.19. The van der Waals surface area contributed by atoms with E-state index in [0.29, 0.717) is 0 Å². The molecule has 1 saturated carbocycles. The molecule has 0 spiro atoms. The van der Waals surface area contributed by atoms with E-state index in [9.17, 15) is 0 Å². The van der Waals surface area contributed by atoms with Gasteiger partial charge in [0.25, 0.3) is 0 Å². The third-order valence-corrected chi connectivity index (χ3v) is 4.34. The van der Waals surface area contributed by atoms with Gasteiger partial charge in [0, 0.05) is 3.92 Å². The molecule has 2 unspecified atom stereocenters. The monoisotopic (exact) mass is 326 g/mol. The third kappa shape index (κ3) is 2.68. The SMILES string of the molecule is CC1=C\C=C2/C(=C/C=C\1)CCCC2C(C)I. The Labute approximate surface area is 112 Å². The second-order valence-corrected chi connectivity index (χ2v) is 6.72. The molecule has 0 N–H and O–H groups in total. The first-order valence-electron chi connectivity index (χ1n) is 6.08. The van der Waals surface area contributed by atoms with Crippen molar-refractivity contribution in [1.82, 2.24) is 0 Å². The third-order valence-electron chi connectivity index (χ3n) is 3.47. The first-order valence-corrected chi connectivity index (χ1v) is 7.33. The molecule has 0 aliphatic heterocycles. The maximum absolute atomic E-state index is 2.57. The molecule has 0 bridgehead atoms. The minimum absolute atomic E-state index is 0.727. The highest BCUT2D eigenvalue weighted by molar-refractivity contribution is 14.1. The van der Waals surface area contributed by atoms with E-state index >= 15 is 0 Å². The molecule has 16 heavy (non-hydrogen) atoms. The highest BCUT2D eigenvalue weighted by Gasteiger charge is 2.25. The van der Waals surface area contributed by atoms with Gasteiger partial charge in [0.15, 0.2) is 0 Å². The van der Waals surface area contributed by atoms with Crippen molar-refractivity contribution in [2.75, 3.05) is 0 Å². The molecule has 1 fully saturated rings. The lowest BCUT2D eigenvalue weighted by atomic mass is 9.78. The molecule has 0 amide bonds. The Morgan fingerprint density at radius 1 is 1.31 bits per heavy atom. The van der Waals surface area contributed by atoms with E-state index in [0.717, 1.165) is 9.84 Å². The quantitative estimate of drug-likeness (QED) is 0.471. The summed E-state index contributed by atoms with van der Waals surface area (Å²) in [5, 5.41) is 0. The number of hydrogen-bond acceptors (Lipinski definition) is 0. The predicted molar refractivity (Wildman–Crippen MR) is 79.9 cm³/mol. The van der Waals surface area contributed by atoms with Gasteiger partial charge in [-0.25, -0.2) is 0 Å². The van der Waals surface area contributed by atoms with Gasteiger partial charge in [-0.1, -0.05) is 65.5 Å². The van der Waals surface area contributed by atoms with Crippen LogP contribution in [0, 0.1) is 5.92 Å². The lowest BCUT2D eigenvalue weighted by Gasteiger charge is -2.30. The molecule has 0 aromatic heterocycles. The Balaban J connectivity index is 2.36. The van der Waals surface area contributed by atoms with E-state index in [1.54, 1.807) is 11.1 Å². The molecule has 2 rings (SSSR count). The summed E-state index contributed by atoms with van der Waals surface area (Å²) in [5.74, 6) is 0.746. The van der Waals surface area contributed by atoms with Crippen LogP contribution in [0.4, 0.5) is 0 Å². The Morgan fingerprint density at radius 3 is 2.88 bits per heavy atom. The number of hydrogen-bond donors (Lipinski definition) is 0. The predicted octanol–water partition coefficient (Wildman–Crippen LogP) is 4.98. The molecule has 0 nitrogen and oxygen atoms in total. The van der Waals surface area contributed by atoms with Crippen LogP contribution in [-0.2, 0) is 0 Å². The Morgan fingerprint density at radius 2 is 2.12 bits per heavy atom. The molecule has 0 aromatic carbocycles. The molecule has 2 aliphatic rings. The van der Waals surface area contributed by atoms with Gasteiger partial charge >= 0.3 is 0 Å².